The predicted octanol–water partition coefficient (Wildman–Crippen LogP) is 1.31. The number of pyridine rings is 1. The lowest BCUT2D eigenvalue weighted by Gasteiger charge is -2.09. The normalized spacial score (nSPS) is 11.5. The molecule has 1 aromatic heterocycles. The summed E-state index contributed by atoms with van der Waals surface area (Å²) in [6.07, 6.45) is 1.62. The summed E-state index contributed by atoms with van der Waals surface area (Å²) < 4.78 is 28.2. The molecule has 0 fully saturated rings. The van der Waals surface area contributed by atoms with Gasteiger partial charge in [0.05, 0.1) is 5.75 Å². The van der Waals surface area contributed by atoms with E-state index in [1.807, 2.05) is 25.1 Å². The van der Waals surface area contributed by atoms with Crippen molar-refractivity contribution < 1.29 is 8.42 Å². The van der Waals surface area contributed by atoms with Gasteiger partial charge in [-0.25, -0.2) is 13.1 Å². The molecule has 0 aliphatic heterocycles. The van der Waals surface area contributed by atoms with Crippen molar-refractivity contribution in [1.29, 1.82) is 0 Å². The largest absolute Gasteiger partial charge is 0.318 e. The summed E-state index contributed by atoms with van der Waals surface area (Å²) in [4.78, 5) is 11.3. The van der Waals surface area contributed by atoms with Crippen LogP contribution in [0.15, 0.2) is 47.4 Å². The Morgan fingerprint density at radius 1 is 1.14 bits per heavy atom. The number of sulfonamides is 1. The lowest BCUT2D eigenvalue weighted by Crippen LogP contribution is -2.26. The minimum atomic E-state index is -3.42. The molecule has 1 aromatic carbocycles. The number of benzene rings is 1. The van der Waals surface area contributed by atoms with Gasteiger partial charge in [-0.1, -0.05) is 30.3 Å². The Morgan fingerprint density at radius 2 is 1.86 bits per heavy atom. The van der Waals surface area contributed by atoms with Gasteiger partial charge >= 0.3 is 0 Å². The van der Waals surface area contributed by atoms with E-state index < -0.39 is 10.0 Å². The molecule has 6 heteroatoms. The maximum Gasteiger partial charge on any atom is 0.250 e. The minimum absolute atomic E-state index is 0.0502. The SMILES string of the molecule is Cc1ccccc1CS(=O)(=O)NCc1ccc(=O)n(C)c1. The average Bonchev–Trinajstić information content (AvgIpc) is 2.43. The van der Waals surface area contributed by atoms with Crippen molar-refractivity contribution in [2.24, 2.45) is 7.05 Å². The smallest absolute Gasteiger partial charge is 0.250 e. The molecule has 0 radical (unpaired) electrons. The minimum Gasteiger partial charge on any atom is -0.318 e. The van der Waals surface area contributed by atoms with E-state index in [0.29, 0.717) is 0 Å². The van der Waals surface area contributed by atoms with E-state index in [1.165, 1.54) is 10.6 Å². The van der Waals surface area contributed by atoms with Crippen molar-refractivity contribution in [3.8, 4) is 0 Å². The van der Waals surface area contributed by atoms with Gasteiger partial charge in [0.1, 0.15) is 0 Å². The topological polar surface area (TPSA) is 68.2 Å². The van der Waals surface area contributed by atoms with Crippen LogP contribution in [-0.2, 0) is 29.4 Å². The molecule has 0 atom stereocenters. The Kier molecular flexibility index (Phi) is 4.59. The average molecular weight is 306 g/mol. The number of hydrogen-bond acceptors (Lipinski definition) is 3. The summed E-state index contributed by atoms with van der Waals surface area (Å²) in [6, 6.07) is 10.4. The van der Waals surface area contributed by atoms with Crippen molar-refractivity contribution in [3.05, 3.63) is 69.6 Å². The summed E-state index contributed by atoms with van der Waals surface area (Å²) >= 11 is 0. The van der Waals surface area contributed by atoms with Gasteiger partial charge < -0.3 is 4.57 Å². The van der Waals surface area contributed by atoms with Gasteiger partial charge in [0.2, 0.25) is 15.6 Å². The standard InChI is InChI=1S/C15H18N2O3S/c1-12-5-3-4-6-14(12)11-21(19,20)16-9-13-7-8-15(18)17(2)10-13/h3-8,10,16H,9,11H2,1-2H3. The number of rotatable bonds is 5. The summed E-state index contributed by atoms with van der Waals surface area (Å²) in [7, 11) is -1.78. The summed E-state index contributed by atoms with van der Waals surface area (Å²) in [6.45, 7) is 2.06. The van der Waals surface area contributed by atoms with Crippen molar-refractivity contribution in [2.45, 2.75) is 19.2 Å². The first-order chi connectivity index (χ1) is 9.87. The van der Waals surface area contributed by atoms with Gasteiger partial charge in [-0.05, 0) is 23.6 Å². The van der Waals surface area contributed by atoms with Gasteiger partial charge in [-0.2, -0.15) is 0 Å². The highest BCUT2D eigenvalue weighted by Gasteiger charge is 2.12. The third-order valence-corrected chi connectivity index (χ3v) is 4.53. The van der Waals surface area contributed by atoms with Gasteiger partial charge in [0.15, 0.2) is 0 Å². The van der Waals surface area contributed by atoms with Crippen LogP contribution in [0.2, 0.25) is 0 Å². The quantitative estimate of drug-likeness (QED) is 0.905. The van der Waals surface area contributed by atoms with Crippen LogP contribution >= 0.6 is 0 Å². The molecule has 0 spiro atoms. The zero-order valence-corrected chi connectivity index (χ0v) is 12.9. The van der Waals surface area contributed by atoms with Crippen molar-refractivity contribution in [1.82, 2.24) is 9.29 Å². The molecule has 0 aliphatic rings. The number of aromatic nitrogens is 1. The van der Waals surface area contributed by atoms with Crippen LogP contribution in [0, 0.1) is 6.92 Å². The third kappa shape index (κ3) is 4.27. The first kappa shape index (κ1) is 15.5. The summed E-state index contributed by atoms with van der Waals surface area (Å²) in [5, 5.41) is 0. The fourth-order valence-corrected chi connectivity index (χ4v) is 3.20. The number of nitrogens with zero attached hydrogens (tertiary/aromatic N) is 1. The molecule has 5 nitrogen and oxygen atoms in total. The van der Waals surface area contributed by atoms with Crippen molar-refractivity contribution >= 4 is 10.0 Å². The molecule has 21 heavy (non-hydrogen) atoms. The first-order valence-electron chi connectivity index (χ1n) is 6.55. The molecule has 2 aromatic rings. The summed E-state index contributed by atoms with van der Waals surface area (Å²) in [5.41, 5.74) is 2.35. The predicted molar refractivity (Wildman–Crippen MR) is 82.3 cm³/mol. The molecule has 0 aliphatic carbocycles. The van der Waals surface area contributed by atoms with Crippen molar-refractivity contribution in [2.75, 3.05) is 0 Å². The zero-order chi connectivity index (χ0) is 15.5. The second-order valence-electron chi connectivity index (χ2n) is 4.99. The molecule has 0 saturated carbocycles. The Bertz CT molecular complexity index is 795. The second kappa shape index (κ2) is 6.24. The van der Waals surface area contributed by atoms with Crippen LogP contribution in [0.1, 0.15) is 16.7 Å². The fraction of sp³-hybridized carbons (Fsp3) is 0.267. The first-order valence-corrected chi connectivity index (χ1v) is 8.20. The molecule has 1 N–H and O–H groups in total. The van der Waals surface area contributed by atoms with E-state index in [2.05, 4.69) is 4.72 Å². The monoisotopic (exact) mass is 306 g/mol. The zero-order valence-electron chi connectivity index (χ0n) is 12.0. The third-order valence-electron chi connectivity index (χ3n) is 3.25. The van der Waals surface area contributed by atoms with E-state index >= 15 is 0 Å². The van der Waals surface area contributed by atoms with Crippen LogP contribution in [0.5, 0.6) is 0 Å². The molecule has 2 rings (SSSR count). The molecule has 0 saturated heterocycles. The second-order valence-corrected chi connectivity index (χ2v) is 6.80. The highest BCUT2D eigenvalue weighted by molar-refractivity contribution is 7.88. The Balaban J connectivity index is 2.06. The van der Waals surface area contributed by atoms with Gasteiger partial charge in [-0.15, -0.1) is 0 Å². The van der Waals surface area contributed by atoms with Crippen LogP contribution in [-0.4, -0.2) is 13.0 Å². The van der Waals surface area contributed by atoms with E-state index in [-0.39, 0.29) is 17.9 Å². The van der Waals surface area contributed by atoms with E-state index in [1.54, 1.807) is 25.4 Å². The molecular weight excluding hydrogens is 288 g/mol. The molecule has 0 bridgehead atoms. The van der Waals surface area contributed by atoms with Crippen LogP contribution in [0.3, 0.4) is 0 Å². The van der Waals surface area contributed by atoms with Crippen LogP contribution in [0.25, 0.3) is 0 Å². The van der Waals surface area contributed by atoms with Crippen molar-refractivity contribution in [3.63, 3.8) is 0 Å². The van der Waals surface area contributed by atoms with Crippen LogP contribution in [0.4, 0.5) is 0 Å². The molecule has 1 heterocycles. The highest BCUT2D eigenvalue weighted by atomic mass is 32.2. The van der Waals surface area contributed by atoms with Gasteiger partial charge in [0.25, 0.3) is 0 Å². The number of hydrogen-bond donors (Lipinski definition) is 1. The number of aryl methyl sites for hydroxylation is 2. The molecule has 0 unspecified atom stereocenters. The lowest BCUT2D eigenvalue weighted by atomic mass is 10.1. The Hall–Kier alpha value is -1.92. The molecule has 0 amide bonds. The fourth-order valence-electron chi connectivity index (χ4n) is 1.98. The lowest BCUT2D eigenvalue weighted by molar-refractivity contribution is 0.580. The van der Waals surface area contributed by atoms with E-state index in [0.717, 1.165) is 16.7 Å². The molecule has 112 valence electrons. The van der Waals surface area contributed by atoms with Gasteiger partial charge in [-0.3, -0.25) is 4.79 Å². The Labute approximate surface area is 124 Å². The summed E-state index contributed by atoms with van der Waals surface area (Å²) in [5.74, 6) is -0.0502. The van der Waals surface area contributed by atoms with E-state index in [4.69, 9.17) is 0 Å². The maximum atomic E-state index is 12.1. The maximum absolute atomic E-state index is 12.1. The highest BCUT2D eigenvalue weighted by Crippen LogP contribution is 2.10. The van der Waals surface area contributed by atoms with Crippen LogP contribution < -0.4 is 10.3 Å². The number of nitrogens with one attached hydrogen (secondary N) is 1. The Morgan fingerprint density at radius 3 is 2.52 bits per heavy atom. The van der Waals surface area contributed by atoms with Gasteiger partial charge in [0, 0.05) is 25.9 Å². The van der Waals surface area contributed by atoms with E-state index in [9.17, 15) is 13.2 Å². The molecular formula is C15H18N2O3S.